The summed E-state index contributed by atoms with van der Waals surface area (Å²) in [7, 11) is 0. The van der Waals surface area contributed by atoms with Crippen LogP contribution in [0.5, 0.6) is 0 Å². The molecule has 4 nitrogen and oxygen atoms in total. The second-order valence-electron chi connectivity index (χ2n) is 5.83. The number of likely N-dealkylation sites (tertiary alicyclic amines) is 1. The molecule has 0 aromatic heterocycles. The molecule has 1 aromatic carbocycles. The van der Waals surface area contributed by atoms with E-state index in [0.29, 0.717) is 11.7 Å². The Morgan fingerprint density at radius 1 is 1.43 bits per heavy atom. The number of nitrogens with two attached hydrogens (primary N) is 1. The maximum Gasteiger partial charge on any atom is 0.241 e. The largest absolute Gasteiger partial charge is 0.399 e. The van der Waals surface area contributed by atoms with E-state index in [2.05, 4.69) is 24.1 Å². The fourth-order valence-corrected chi connectivity index (χ4v) is 3.28. The van der Waals surface area contributed by atoms with Gasteiger partial charge in [0, 0.05) is 17.4 Å². The van der Waals surface area contributed by atoms with E-state index >= 15 is 0 Å². The predicted octanol–water partition coefficient (Wildman–Crippen LogP) is 3.25. The highest BCUT2D eigenvalue weighted by Gasteiger charge is 2.31. The fraction of sp³-hybridized carbons (Fsp3) is 0.588. The Morgan fingerprint density at radius 2 is 2.24 bits per heavy atom. The van der Waals surface area contributed by atoms with Gasteiger partial charge in [-0.1, -0.05) is 26.3 Å². The monoisotopic (exact) mass is 289 g/mol. The Kier molecular flexibility index (Phi) is 5.62. The molecule has 0 aliphatic carbocycles. The van der Waals surface area contributed by atoms with E-state index in [1.165, 1.54) is 19.3 Å². The van der Waals surface area contributed by atoms with Gasteiger partial charge in [-0.3, -0.25) is 9.69 Å². The van der Waals surface area contributed by atoms with E-state index in [4.69, 9.17) is 5.73 Å². The van der Waals surface area contributed by atoms with Crippen molar-refractivity contribution < 1.29 is 4.79 Å². The molecular weight excluding hydrogens is 262 g/mol. The number of nitrogen functional groups attached to an aromatic ring is 1. The highest BCUT2D eigenvalue weighted by atomic mass is 16.2. The summed E-state index contributed by atoms with van der Waals surface area (Å²) in [5.74, 6) is 0.0865. The molecular formula is C17H27N3O. The van der Waals surface area contributed by atoms with Gasteiger partial charge in [0.15, 0.2) is 0 Å². The van der Waals surface area contributed by atoms with Crippen LogP contribution in [0.2, 0.25) is 0 Å². The molecule has 1 aliphatic rings. The first-order valence-corrected chi connectivity index (χ1v) is 8.07. The predicted molar refractivity (Wildman–Crippen MR) is 88.2 cm³/mol. The first kappa shape index (κ1) is 15.8. The quantitative estimate of drug-likeness (QED) is 0.818. The van der Waals surface area contributed by atoms with Crippen molar-refractivity contribution in [2.45, 2.75) is 58.0 Å². The van der Waals surface area contributed by atoms with Crippen LogP contribution in [-0.4, -0.2) is 29.4 Å². The zero-order valence-corrected chi connectivity index (χ0v) is 13.1. The molecule has 116 valence electrons. The third kappa shape index (κ3) is 3.97. The second kappa shape index (κ2) is 7.46. The van der Waals surface area contributed by atoms with E-state index in [9.17, 15) is 4.79 Å². The standard InChI is InChI=1S/C17H27N3O/c1-3-15-10-5-6-11-20(15)16(4-2)17(21)19-14-9-7-8-13(18)12-14/h7-9,12,15-16H,3-6,10-11,18H2,1-2H3,(H,19,21). The minimum atomic E-state index is -0.0447. The zero-order chi connectivity index (χ0) is 15.2. The van der Waals surface area contributed by atoms with Crippen molar-refractivity contribution in [2.75, 3.05) is 17.6 Å². The van der Waals surface area contributed by atoms with Crippen LogP contribution in [0.25, 0.3) is 0 Å². The second-order valence-corrected chi connectivity index (χ2v) is 5.83. The van der Waals surface area contributed by atoms with Gasteiger partial charge in [-0.2, -0.15) is 0 Å². The van der Waals surface area contributed by atoms with Gasteiger partial charge >= 0.3 is 0 Å². The number of hydrogen-bond acceptors (Lipinski definition) is 3. The Labute approximate surface area is 127 Å². The summed E-state index contributed by atoms with van der Waals surface area (Å²) in [5.41, 5.74) is 7.22. The van der Waals surface area contributed by atoms with Crippen molar-refractivity contribution in [2.24, 2.45) is 0 Å². The van der Waals surface area contributed by atoms with E-state index in [1.807, 2.05) is 18.2 Å². The minimum absolute atomic E-state index is 0.0447. The number of piperidine rings is 1. The molecule has 1 saturated heterocycles. The Hall–Kier alpha value is -1.55. The van der Waals surface area contributed by atoms with Gasteiger partial charge in [0.25, 0.3) is 0 Å². The van der Waals surface area contributed by atoms with Gasteiger partial charge < -0.3 is 11.1 Å². The average molecular weight is 289 g/mol. The molecule has 4 heteroatoms. The van der Waals surface area contributed by atoms with Gasteiger partial charge in [-0.15, -0.1) is 0 Å². The first-order chi connectivity index (χ1) is 10.2. The molecule has 0 spiro atoms. The number of hydrogen-bond donors (Lipinski definition) is 2. The van der Waals surface area contributed by atoms with E-state index in [1.54, 1.807) is 6.07 Å². The molecule has 1 fully saturated rings. The van der Waals surface area contributed by atoms with Crippen LogP contribution >= 0.6 is 0 Å². The van der Waals surface area contributed by atoms with Crippen LogP contribution in [0.1, 0.15) is 46.0 Å². The van der Waals surface area contributed by atoms with Crippen molar-refractivity contribution >= 4 is 17.3 Å². The van der Waals surface area contributed by atoms with Gasteiger partial charge in [0.05, 0.1) is 6.04 Å². The van der Waals surface area contributed by atoms with Crippen LogP contribution in [0.15, 0.2) is 24.3 Å². The molecule has 3 N–H and O–H groups in total. The molecule has 1 heterocycles. The van der Waals surface area contributed by atoms with Gasteiger partial charge in [0.1, 0.15) is 0 Å². The van der Waals surface area contributed by atoms with Crippen LogP contribution in [0, 0.1) is 0 Å². The Balaban J connectivity index is 2.07. The molecule has 21 heavy (non-hydrogen) atoms. The molecule has 0 radical (unpaired) electrons. The van der Waals surface area contributed by atoms with Crippen molar-refractivity contribution in [3.63, 3.8) is 0 Å². The number of amides is 1. The lowest BCUT2D eigenvalue weighted by atomic mass is 9.96. The summed E-state index contributed by atoms with van der Waals surface area (Å²) in [4.78, 5) is 15.0. The number of benzene rings is 1. The molecule has 2 atom stereocenters. The summed E-state index contributed by atoms with van der Waals surface area (Å²) in [6.07, 6.45) is 5.63. The summed E-state index contributed by atoms with van der Waals surface area (Å²) >= 11 is 0. The lowest BCUT2D eigenvalue weighted by Gasteiger charge is -2.39. The normalized spacial score (nSPS) is 21.0. The number of anilines is 2. The fourth-order valence-electron chi connectivity index (χ4n) is 3.28. The third-order valence-electron chi connectivity index (χ3n) is 4.39. The number of rotatable bonds is 5. The lowest BCUT2D eigenvalue weighted by Crippen LogP contribution is -2.51. The molecule has 2 rings (SSSR count). The number of carbonyl (C=O) groups is 1. The van der Waals surface area contributed by atoms with Gasteiger partial charge in [-0.05, 0) is 50.4 Å². The lowest BCUT2D eigenvalue weighted by molar-refractivity contribution is -0.123. The maximum atomic E-state index is 12.6. The van der Waals surface area contributed by atoms with Crippen LogP contribution in [-0.2, 0) is 4.79 Å². The summed E-state index contributed by atoms with van der Waals surface area (Å²) < 4.78 is 0. The van der Waals surface area contributed by atoms with Crippen LogP contribution < -0.4 is 11.1 Å². The van der Waals surface area contributed by atoms with Gasteiger partial charge in [-0.25, -0.2) is 0 Å². The van der Waals surface area contributed by atoms with Crippen molar-refractivity contribution in [3.05, 3.63) is 24.3 Å². The van der Waals surface area contributed by atoms with Crippen molar-refractivity contribution in [1.29, 1.82) is 0 Å². The Morgan fingerprint density at radius 3 is 2.90 bits per heavy atom. The molecule has 2 unspecified atom stereocenters. The molecule has 0 saturated carbocycles. The maximum absolute atomic E-state index is 12.6. The Bertz CT molecular complexity index is 475. The van der Waals surface area contributed by atoms with E-state index in [0.717, 1.165) is 25.1 Å². The van der Waals surface area contributed by atoms with Gasteiger partial charge in [0.2, 0.25) is 5.91 Å². The first-order valence-electron chi connectivity index (χ1n) is 8.07. The summed E-state index contributed by atoms with van der Waals surface area (Å²) in [5, 5.41) is 3.02. The van der Waals surface area contributed by atoms with Crippen molar-refractivity contribution in [1.82, 2.24) is 4.90 Å². The highest BCUT2D eigenvalue weighted by Crippen LogP contribution is 2.24. The van der Waals surface area contributed by atoms with E-state index < -0.39 is 0 Å². The van der Waals surface area contributed by atoms with Crippen molar-refractivity contribution in [3.8, 4) is 0 Å². The summed E-state index contributed by atoms with van der Waals surface area (Å²) in [6.45, 7) is 5.33. The zero-order valence-electron chi connectivity index (χ0n) is 13.1. The number of nitrogens with one attached hydrogen (secondary N) is 1. The van der Waals surface area contributed by atoms with Crippen LogP contribution in [0.3, 0.4) is 0 Å². The van der Waals surface area contributed by atoms with Crippen LogP contribution in [0.4, 0.5) is 11.4 Å². The number of carbonyl (C=O) groups excluding carboxylic acids is 1. The smallest absolute Gasteiger partial charge is 0.241 e. The SMILES string of the molecule is CCC1CCCCN1C(CC)C(=O)Nc1cccc(N)c1. The summed E-state index contributed by atoms with van der Waals surface area (Å²) in [6, 6.07) is 7.87. The topological polar surface area (TPSA) is 58.4 Å². The van der Waals surface area contributed by atoms with E-state index in [-0.39, 0.29) is 11.9 Å². The highest BCUT2D eigenvalue weighted by molar-refractivity contribution is 5.95. The third-order valence-corrected chi connectivity index (χ3v) is 4.39. The molecule has 1 aliphatic heterocycles. The number of nitrogens with zero attached hydrogens (tertiary/aromatic N) is 1. The molecule has 0 bridgehead atoms. The molecule has 1 aromatic rings. The average Bonchev–Trinajstić information content (AvgIpc) is 2.48. The molecule has 1 amide bonds. The minimum Gasteiger partial charge on any atom is -0.399 e.